The molecule has 0 bridgehead atoms. The van der Waals surface area contributed by atoms with Gasteiger partial charge in [0, 0.05) is 0 Å². The van der Waals surface area contributed by atoms with Crippen molar-refractivity contribution in [1.29, 1.82) is 0 Å². The summed E-state index contributed by atoms with van der Waals surface area (Å²) in [5, 5.41) is -0.0225. The second-order valence-electron chi connectivity index (χ2n) is 16.0. The maximum Gasteiger partial charge on any atom is 0.308 e. The van der Waals surface area contributed by atoms with Crippen molar-refractivity contribution >= 4 is 26.2 Å². The Labute approximate surface area is 272 Å². The van der Waals surface area contributed by atoms with E-state index in [9.17, 15) is 14.4 Å². The van der Waals surface area contributed by atoms with Crippen LogP contribution < -0.4 is 0 Å². The Morgan fingerprint density at radius 2 is 1.00 bits per heavy atom. The maximum atomic E-state index is 12.5. The van der Waals surface area contributed by atoms with E-state index in [1.807, 2.05) is 20.8 Å². The molecule has 0 N–H and O–H groups in total. The lowest BCUT2D eigenvalue weighted by Gasteiger charge is -2.44. The number of ether oxygens (including phenoxy) is 7. The van der Waals surface area contributed by atoms with Crippen LogP contribution >= 0.6 is 0 Å². The molecule has 0 spiro atoms. The number of esters is 3. The molecule has 1 aliphatic rings. The molecule has 1 saturated heterocycles. The van der Waals surface area contributed by atoms with Gasteiger partial charge in [-0.3, -0.25) is 14.4 Å². The summed E-state index contributed by atoms with van der Waals surface area (Å²) in [4.78, 5) is 37.2. The highest BCUT2D eigenvalue weighted by atomic mass is 28.4. The van der Waals surface area contributed by atoms with E-state index < -0.39 is 55.5 Å². The highest BCUT2D eigenvalue weighted by Gasteiger charge is 2.45. The molecule has 11 nitrogen and oxygen atoms in total. The first-order valence-electron chi connectivity index (χ1n) is 16.1. The van der Waals surface area contributed by atoms with Gasteiger partial charge in [-0.25, -0.2) is 0 Å². The minimum atomic E-state index is -2.14. The third-order valence-corrected chi connectivity index (χ3v) is 11.6. The van der Waals surface area contributed by atoms with Crippen LogP contribution in [0, 0.1) is 0 Å². The van der Waals surface area contributed by atoms with Gasteiger partial charge < -0.3 is 37.6 Å². The molecule has 0 radical (unpaired) electrons. The summed E-state index contributed by atoms with van der Waals surface area (Å²) in [5.41, 5.74) is -1.85. The molecule has 45 heavy (non-hydrogen) atoms. The third-order valence-electron chi connectivity index (χ3n) is 7.08. The SMILES string of the molecule is CC(C)(C)OC(=O)CCO[C@H]1[C@H](OCCC(=O)OC(C)(C)C)[C@@H](CO[Si](C)(C)C(C)(C)C)OC[C@@H]1OCCC(=O)OC(C)(C)C. The lowest BCUT2D eigenvalue weighted by atomic mass is 9.99. The molecule has 0 aromatic rings. The molecule has 1 rings (SSSR count). The summed E-state index contributed by atoms with van der Waals surface area (Å²) in [6, 6.07) is 0. The van der Waals surface area contributed by atoms with Crippen molar-refractivity contribution in [3.05, 3.63) is 0 Å². The molecule has 0 unspecified atom stereocenters. The topological polar surface area (TPSA) is 125 Å². The van der Waals surface area contributed by atoms with E-state index in [2.05, 4.69) is 33.9 Å². The van der Waals surface area contributed by atoms with Gasteiger partial charge in [0.15, 0.2) is 8.32 Å². The Bertz CT molecular complexity index is 938. The van der Waals surface area contributed by atoms with Crippen molar-refractivity contribution < 1.29 is 52.0 Å². The smallest absolute Gasteiger partial charge is 0.308 e. The Hall–Kier alpha value is -1.57. The first-order valence-corrected chi connectivity index (χ1v) is 19.0. The monoisotopic (exact) mass is 662 g/mol. The molecular formula is C33H62O11Si. The van der Waals surface area contributed by atoms with E-state index in [0.717, 1.165) is 0 Å². The fraction of sp³-hybridized carbons (Fsp3) is 0.909. The lowest BCUT2D eigenvalue weighted by molar-refractivity contribution is -0.236. The zero-order chi connectivity index (χ0) is 34.9. The summed E-state index contributed by atoms with van der Waals surface area (Å²) in [5.74, 6) is -1.16. The van der Waals surface area contributed by atoms with Gasteiger partial charge in [-0.2, -0.15) is 0 Å². The molecule has 1 fully saturated rings. The Balaban J connectivity index is 3.18. The normalized spacial score (nSPS) is 21.7. The number of carbonyl (C=O) groups excluding carboxylic acids is 3. The second-order valence-corrected chi connectivity index (χ2v) is 20.8. The van der Waals surface area contributed by atoms with E-state index >= 15 is 0 Å². The average Bonchev–Trinajstić information content (AvgIpc) is 2.80. The van der Waals surface area contributed by atoms with Gasteiger partial charge in [0.1, 0.15) is 41.2 Å². The predicted molar refractivity (Wildman–Crippen MR) is 173 cm³/mol. The molecule has 264 valence electrons. The molecule has 0 aromatic heterocycles. The Kier molecular flexibility index (Phi) is 15.7. The van der Waals surface area contributed by atoms with Crippen LogP contribution in [0.15, 0.2) is 0 Å². The van der Waals surface area contributed by atoms with Crippen LogP contribution in [-0.2, 0) is 52.0 Å². The Morgan fingerprint density at radius 3 is 1.38 bits per heavy atom. The van der Waals surface area contributed by atoms with Crippen molar-refractivity contribution in [2.24, 2.45) is 0 Å². The largest absolute Gasteiger partial charge is 0.460 e. The van der Waals surface area contributed by atoms with Crippen LogP contribution in [0.5, 0.6) is 0 Å². The van der Waals surface area contributed by atoms with Crippen molar-refractivity contribution in [3.8, 4) is 0 Å². The highest BCUT2D eigenvalue weighted by Crippen LogP contribution is 2.37. The maximum absolute atomic E-state index is 12.5. The number of rotatable bonds is 15. The first-order chi connectivity index (χ1) is 20.3. The van der Waals surface area contributed by atoms with Crippen LogP contribution in [0.4, 0.5) is 0 Å². The van der Waals surface area contributed by atoms with Crippen molar-refractivity contribution in [2.45, 2.75) is 162 Å². The molecule has 0 amide bonds. The highest BCUT2D eigenvalue weighted by molar-refractivity contribution is 6.74. The molecule has 1 heterocycles. The van der Waals surface area contributed by atoms with Crippen molar-refractivity contribution in [1.82, 2.24) is 0 Å². The van der Waals surface area contributed by atoms with Gasteiger partial charge in [0.05, 0.1) is 52.3 Å². The van der Waals surface area contributed by atoms with Crippen molar-refractivity contribution in [2.75, 3.05) is 33.0 Å². The minimum absolute atomic E-state index is 0.0225. The fourth-order valence-electron chi connectivity index (χ4n) is 4.06. The number of hydrogen-bond donors (Lipinski definition) is 0. The fourth-order valence-corrected chi connectivity index (χ4v) is 5.07. The molecule has 1 aliphatic heterocycles. The van der Waals surface area contributed by atoms with E-state index in [-0.39, 0.29) is 69.3 Å². The van der Waals surface area contributed by atoms with Crippen LogP contribution in [0.25, 0.3) is 0 Å². The number of carbonyl (C=O) groups is 3. The molecule has 0 aliphatic carbocycles. The molecule has 0 aromatic carbocycles. The van der Waals surface area contributed by atoms with Gasteiger partial charge in [0.25, 0.3) is 0 Å². The first kappa shape index (κ1) is 41.4. The molecular weight excluding hydrogens is 600 g/mol. The van der Waals surface area contributed by atoms with E-state index in [0.29, 0.717) is 0 Å². The summed E-state index contributed by atoms with van der Waals surface area (Å²) in [7, 11) is -2.14. The second kappa shape index (κ2) is 17.0. The third kappa shape index (κ3) is 17.2. The van der Waals surface area contributed by atoms with E-state index in [1.54, 1.807) is 41.5 Å². The lowest BCUT2D eigenvalue weighted by Crippen LogP contribution is -2.58. The van der Waals surface area contributed by atoms with E-state index in [1.165, 1.54) is 0 Å². The van der Waals surface area contributed by atoms with Crippen molar-refractivity contribution in [3.63, 3.8) is 0 Å². The van der Waals surface area contributed by atoms with Crippen LogP contribution in [0.3, 0.4) is 0 Å². The van der Waals surface area contributed by atoms with Gasteiger partial charge in [0.2, 0.25) is 0 Å². The average molecular weight is 663 g/mol. The summed E-state index contributed by atoms with van der Waals surface area (Å²) >= 11 is 0. The predicted octanol–water partition coefficient (Wildman–Crippen LogP) is 5.76. The van der Waals surface area contributed by atoms with Gasteiger partial charge in [-0.05, 0) is 80.4 Å². The van der Waals surface area contributed by atoms with Crippen LogP contribution in [-0.4, -0.2) is 100 Å². The Morgan fingerprint density at radius 1 is 0.622 bits per heavy atom. The van der Waals surface area contributed by atoms with Gasteiger partial charge in [-0.15, -0.1) is 0 Å². The van der Waals surface area contributed by atoms with Gasteiger partial charge in [-0.1, -0.05) is 20.8 Å². The summed E-state index contributed by atoms with van der Waals surface area (Å²) in [6.45, 7) is 27.6. The summed E-state index contributed by atoms with van der Waals surface area (Å²) < 4.78 is 47.8. The number of hydrogen-bond acceptors (Lipinski definition) is 11. The molecule has 12 heteroatoms. The standard InChI is InChI=1S/C33H62O11Si/c1-30(2,3)42-25(34)15-18-37-23-21-40-24(22-41-45(13,14)33(10,11)12)29(39-20-17-27(36)44-32(7,8)9)28(23)38-19-16-26(35)43-31(4,5)6/h23-24,28-29H,15-22H2,1-14H3/t23-,24+,28+,29+/m0/s1. The molecule has 4 atom stereocenters. The quantitative estimate of drug-likeness (QED) is 0.121. The molecule has 0 saturated carbocycles. The minimum Gasteiger partial charge on any atom is -0.460 e. The van der Waals surface area contributed by atoms with Crippen LogP contribution in [0.2, 0.25) is 18.1 Å². The zero-order valence-corrected chi connectivity index (χ0v) is 31.5. The van der Waals surface area contributed by atoms with E-state index in [4.69, 9.17) is 37.6 Å². The van der Waals surface area contributed by atoms with Gasteiger partial charge >= 0.3 is 17.9 Å². The summed E-state index contributed by atoms with van der Waals surface area (Å²) in [6.07, 6.45) is -2.45. The zero-order valence-electron chi connectivity index (χ0n) is 30.5. The van der Waals surface area contributed by atoms with Crippen LogP contribution in [0.1, 0.15) is 102 Å².